The molecule has 0 spiro atoms. The Morgan fingerprint density at radius 3 is 1.77 bits per heavy atom. The van der Waals surface area contributed by atoms with Crippen LogP contribution in [0.2, 0.25) is 0 Å². The molecule has 0 amide bonds. The Balaban J connectivity index is 2.25. The number of rotatable bonds is 16. The minimum atomic E-state index is -1.14. The van der Waals surface area contributed by atoms with Crippen LogP contribution in [0.4, 0.5) is 5.69 Å². The Kier molecular flexibility index (Phi) is 14.4. The number of aliphatic carboxylic acids is 4. The van der Waals surface area contributed by atoms with Gasteiger partial charge in [0.25, 0.3) is 0 Å². The number of carbonyl (C=O) groups is 4. The number of carboxylic acid groups (broad SMARTS) is 4. The van der Waals surface area contributed by atoms with Crippen LogP contribution in [-0.2, 0) is 25.6 Å². The third kappa shape index (κ3) is 13.2. The van der Waals surface area contributed by atoms with Gasteiger partial charge in [-0.3, -0.25) is 38.8 Å². The van der Waals surface area contributed by atoms with Crippen LogP contribution in [0, 0.1) is 0 Å². The summed E-state index contributed by atoms with van der Waals surface area (Å²) in [6, 6.07) is 7.31. The molecule has 1 aromatic rings. The van der Waals surface area contributed by atoms with Crippen molar-refractivity contribution < 1.29 is 39.6 Å². The molecule has 1 saturated heterocycles. The van der Waals surface area contributed by atoms with E-state index in [1.165, 1.54) is 4.90 Å². The van der Waals surface area contributed by atoms with Gasteiger partial charge in [0.05, 0.1) is 37.0 Å². The molecule has 1 aromatic carbocycles. The van der Waals surface area contributed by atoms with Gasteiger partial charge in [-0.2, -0.15) is 4.99 Å². The quantitative estimate of drug-likeness (QED) is 0.159. The first-order valence-corrected chi connectivity index (χ1v) is 13.4. The molecule has 0 aromatic heterocycles. The molecule has 1 aliphatic heterocycles. The first kappa shape index (κ1) is 32.9. The Hall–Kier alpha value is -3.26. The number of carboxylic acids is 4. The van der Waals surface area contributed by atoms with Crippen LogP contribution >= 0.6 is 12.2 Å². The molecule has 1 unspecified atom stereocenters. The van der Waals surface area contributed by atoms with Crippen molar-refractivity contribution in [3.8, 4) is 0 Å². The fourth-order valence-electron chi connectivity index (χ4n) is 4.81. The lowest BCUT2D eigenvalue weighted by molar-refractivity contribution is -0.142. The van der Waals surface area contributed by atoms with Crippen LogP contribution in [0.3, 0.4) is 0 Å². The van der Waals surface area contributed by atoms with Gasteiger partial charge < -0.3 is 20.4 Å². The van der Waals surface area contributed by atoms with Crippen molar-refractivity contribution in [3.63, 3.8) is 0 Å². The van der Waals surface area contributed by atoms with E-state index in [4.69, 9.17) is 0 Å². The Morgan fingerprint density at radius 2 is 1.32 bits per heavy atom. The smallest absolute Gasteiger partial charge is 0.317 e. The number of hydrogen-bond donors (Lipinski definition) is 4. The molecule has 1 fully saturated rings. The molecule has 40 heavy (non-hydrogen) atoms. The Bertz CT molecular complexity index is 1010. The summed E-state index contributed by atoms with van der Waals surface area (Å²) in [5.74, 6) is -4.24. The second-order valence-corrected chi connectivity index (χ2v) is 9.93. The molecule has 1 heterocycles. The van der Waals surface area contributed by atoms with Crippen molar-refractivity contribution in [2.75, 3.05) is 72.0 Å². The predicted molar refractivity (Wildman–Crippen MR) is 149 cm³/mol. The molecule has 14 heteroatoms. The maximum absolute atomic E-state index is 11.5. The largest absolute Gasteiger partial charge is 0.480 e. The molecule has 13 nitrogen and oxygen atoms in total. The van der Waals surface area contributed by atoms with E-state index in [-0.39, 0.29) is 25.7 Å². The molecule has 220 valence electrons. The zero-order valence-corrected chi connectivity index (χ0v) is 23.2. The number of benzene rings is 1. The highest BCUT2D eigenvalue weighted by Crippen LogP contribution is 2.17. The molecule has 0 saturated carbocycles. The lowest BCUT2D eigenvalue weighted by atomic mass is 10.0. The van der Waals surface area contributed by atoms with E-state index in [9.17, 15) is 39.6 Å². The summed E-state index contributed by atoms with van der Waals surface area (Å²) >= 11 is 4.63. The van der Waals surface area contributed by atoms with Gasteiger partial charge in [-0.1, -0.05) is 12.1 Å². The zero-order valence-electron chi connectivity index (χ0n) is 22.4. The number of thiocarbonyl (C=S) groups is 1. The van der Waals surface area contributed by atoms with Crippen LogP contribution < -0.4 is 0 Å². The van der Waals surface area contributed by atoms with E-state index in [1.54, 1.807) is 9.80 Å². The van der Waals surface area contributed by atoms with Crippen molar-refractivity contribution in [1.82, 2.24) is 19.6 Å². The van der Waals surface area contributed by atoms with E-state index >= 15 is 0 Å². The summed E-state index contributed by atoms with van der Waals surface area (Å²) in [6.45, 7) is 1.50. The second-order valence-electron chi connectivity index (χ2n) is 9.75. The summed E-state index contributed by atoms with van der Waals surface area (Å²) in [6.07, 6.45) is 2.07. The van der Waals surface area contributed by atoms with Gasteiger partial charge in [0.15, 0.2) is 0 Å². The van der Waals surface area contributed by atoms with Gasteiger partial charge in [0.1, 0.15) is 0 Å². The van der Waals surface area contributed by atoms with Crippen molar-refractivity contribution in [1.29, 1.82) is 0 Å². The average Bonchev–Trinajstić information content (AvgIpc) is 2.94. The van der Waals surface area contributed by atoms with Crippen molar-refractivity contribution in [3.05, 3.63) is 29.8 Å². The monoisotopic (exact) mass is 579 g/mol. The van der Waals surface area contributed by atoms with E-state index in [0.717, 1.165) is 18.4 Å². The van der Waals surface area contributed by atoms with Gasteiger partial charge in [0.2, 0.25) is 0 Å². The number of nitrogens with zero attached hydrogens (tertiary/aromatic N) is 5. The van der Waals surface area contributed by atoms with E-state index < -0.39 is 37.0 Å². The lowest BCUT2D eigenvalue weighted by Crippen LogP contribution is -2.50. The molecule has 1 aliphatic rings. The third-order valence-corrected chi connectivity index (χ3v) is 6.77. The van der Waals surface area contributed by atoms with Crippen molar-refractivity contribution in [2.24, 2.45) is 4.99 Å². The first-order valence-electron chi connectivity index (χ1n) is 13.0. The van der Waals surface area contributed by atoms with Crippen LogP contribution in [0.1, 0.15) is 18.4 Å². The van der Waals surface area contributed by atoms with Gasteiger partial charge in [-0.15, -0.1) is 0 Å². The summed E-state index contributed by atoms with van der Waals surface area (Å²) in [5.41, 5.74) is 1.77. The molecule has 4 N–H and O–H groups in total. The van der Waals surface area contributed by atoms with Crippen LogP contribution in [0.25, 0.3) is 0 Å². The maximum Gasteiger partial charge on any atom is 0.317 e. The number of hydrogen-bond acceptors (Lipinski definition) is 10. The Morgan fingerprint density at radius 1 is 0.825 bits per heavy atom. The molecule has 0 radical (unpaired) electrons. The zero-order chi connectivity index (χ0) is 29.5. The van der Waals surface area contributed by atoms with Gasteiger partial charge in [-0.05, 0) is 49.2 Å². The predicted octanol–water partition coefficient (Wildman–Crippen LogP) is 0.672. The molecule has 1 atom stereocenters. The summed E-state index contributed by atoms with van der Waals surface area (Å²) in [4.78, 5) is 56.7. The number of aryl methyl sites for hydroxylation is 1. The maximum atomic E-state index is 11.5. The first-order chi connectivity index (χ1) is 19.0. The normalized spacial score (nSPS) is 16.3. The van der Waals surface area contributed by atoms with E-state index in [2.05, 4.69) is 27.3 Å². The number of isothiocyanates is 1. The molecule has 0 aliphatic carbocycles. The highest BCUT2D eigenvalue weighted by molar-refractivity contribution is 7.78. The van der Waals surface area contributed by atoms with Gasteiger partial charge >= 0.3 is 23.9 Å². The molecule has 2 rings (SSSR count). The number of aliphatic imine (C=N–C) groups is 1. The SMILES string of the molecule is O=C(O)CN1CCN(CC(=O)O)CCN(C(CCCc2ccc(N=C=S)cc2)CN(CC(=O)O)CC(=O)O)CC1. The fourth-order valence-corrected chi connectivity index (χ4v) is 4.91. The standard InChI is InChI=1S/C26H37N5O8S/c32-23(33)15-28-8-9-29(16-24(34)35)11-13-31(12-10-28)22(14-30(17-25(36)37)18-26(38)39)3-1-2-20-4-6-21(7-5-20)27-19-40/h4-7,22H,1-3,8-18H2,(H,32,33)(H,34,35)(H,36,37)(H,38,39). The van der Waals surface area contributed by atoms with Crippen molar-refractivity contribution >= 4 is 46.9 Å². The average molecular weight is 580 g/mol. The van der Waals surface area contributed by atoms with Crippen molar-refractivity contribution in [2.45, 2.75) is 25.3 Å². The summed E-state index contributed by atoms with van der Waals surface area (Å²) < 4.78 is 0. The fraction of sp³-hybridized carbons (Fsp3) is 0.577. The molecular weight excluding hydrogens is 542 g/mol. The van der Waals surface area contributed by atoms with Crippen LogP contribution in [-0.4, -0.2) is 147 Å². The Labute approximate surface area is 238 Å². The molecular formula is C26H37N5O8S. The lowest BCUT2D eigenvalue weighted by Gasteiger charge is -2.36. The molecule has 0 bridgehead atoms. The topological polar surface area (TPSA) is 175 Å². The van der Waals surface area contributed by atoms with Gasteiger partial charge in [0, 0.05) is 51.9 Å². The van der Waals surface area contributed by atoms with E-state index in [0.29, 0.717) is 51.4 Å². The third-order valence-electron chi connectivity index (χ3n) is 6.67. The highest BCUT2D eigenvalue weighted by Gasteiger charge is 2.27. The highest BCUT2D eigenvalue weighted by atomic mass is 32.1. The van der Waals surface area contributed by atoms with Gasteiger partial charge in [-0.25, -0.2) is 0 Å². The second kappa shape index (κ2) is 17.4. The summed E-state index contributed by atoms with van der Waals surface area (Å²) in [7, 11) is 0. The van der Waals surface area contributed by atoms with E-state index in [1.807, 2.05) is 24.3 Å². The van der Waals surface area contributed by atoms with Crippen LogP contribution in [0.5, 0.6) is 0 Å². The minimum Gasteiger partial charge on any atom is -0.480 e. The minimum absolute atomic E-state index is 0.179. The summed E-state index contributed by atoms with van der Waals surface area (Å²) in [5, 5.41) is 39.8. The van der Waals surface area contributed by atoms with Crippen LogP contribution in [0.15, 0.2) is 29.3 Å².